The smallest absolute Gasteiger partial charge is 0.255 e. The van der Waals surface area contributed by atoms with Gasteiger partial charge in [0.1, 0.15) is 6.29 Å². The lowest BCUT2D eigenvalue weighted by Crippen LogP contribution is -2.13. The van der Waals surface area contributed by atoms with Crippen molar-refractivity contribution in [3.8, 4) is 0 Å². The van der Waals surface area contributed by atoms with E-state index in [0.29, 0.717) is 0 Å². The fourth-order valence-corrected chi connectivity index (χ4v) is 2.77. The fourth-order valence-electron chi connectivity index (χ4n) is 2.31. The average molecular weight is 254 g/mol. The van der Waals surface area contributed by atoms with Crippen LogP contribution in [0.4, 0.5) is 0 Å². The van der Waals surface area contributed by atoms with Gasteiger partial charge in [0.05, 0.1) is 0 Å². The molecule has 2 unspecified atom stereocenters. The van der Waals surface area contributed by atoms with Gasteiger partial charge in [0.15, 0.2) is 5.03 Å². The first-order valence-corrected chi connectivity index (χ1v) is 6.77. The van der Waals surface area contributed by atoms with E-state index in [0.717, 1.165) is 11.8 Å². The van der Waals surface area contributed by atoms with Crippen LogP contribution in [0.1, 0.15) is 25.3 Å². The molecule has 6 heteroatoms. The third-order valence-corrected chi connectivity index (χ3v) is 4.29. The van der Waals surface area contributed by atoms with Gasteiger partial charge in [-0.1, -0.05) is 19.9 Å². The quantitative estimate of drug-likeness (QED) is 0.802. The SMILES string of the molecule is CC1(C)C(C=O)C1c1ccc(S(N)(=O)=O)nc1. The van der Waals surface area contributed by atoms with E-state index in [-0.39, 0.29) is 22.3 Å². The summed E-state index contributed by atoms with van der Waals surface area (Å²) in [5, 5.41) is 4.81. The van der Waals surface area contributed by atoms with Gasteiger partial charge in [-0.25, -0.2) is 18.5 Å². The Labute approximate surface area is 100 Å². The van der Waals surface area contributed by atoms with E-state index in [1.54, 1.807) is 6.07 Å². The summed E-state index contributed by atoms with van der Waals surface area (Å²) in [6.07, 6.45) is 2.42. The predicted octanol–water partition coefficient (Wildman–Crippen LogP) is 0.667. The van der Waals surface area contributed by atoms with Gasteiger partial charge in [0.2, 0.25) is 0 Å². The molecule has 17 heavy (non-hydrogen) atoms. The Kier molecular flexibility index (Phi) is 2.59. The lowest BCUT2D eigenvalue weighted by atomic mass is 10.1. The van der Waals surface area contributed by atoms with E-state index in [1.807, 2.05) is 13.8 Å². The van der Waals surface area contributed by atoms with Crippen LogP contribution >= 0.6 is 0 Å². The average Bonchev–Trinajstić information content (AvgIpc) is 2.79. The molecule has 1 aliphatic carbocycles. The number of sulfonamides is 1. The van der Waals surface area contributed by atoms with E-state index in [1.165, 1.54) is 12.3 Å². The van der Waals surface area contributed by atoms with Crippen LogP contribution in [0.15, 0.2) is 23.4 Å². The molecular formula is C11H14N2O3S. The predicted molar refractivity (Wildman–Crippen MR) is 61.7 cm³/mol. The Hall–Kier alpha value is -1.27. The minimum absolute atomic E-state index is 0.0235. The Morgan fingerprint density at radius 1 is 1.41 bits per heavy atom. The first-order chi connectivity index (χ1) is 7.78. The summed E-state index contributed by atoms with van der Waals surface area (Å²) in [5.41, 5.74) is 0.798. The zero-order valence-electron chi connectivity index (χ0n) is 9.62. The molecule has 1 heterocycles. The topological polar surface area (TPSA) is 90.1 Å². The fraction of sp³-hybridized carbons (Fsp3) is 0.455. The summed E-state index contributed by atoms with van der Waals surface area (Å²) in [4.78, 5) is 14.7. The summed E-state index contributed by atoms with van der Waals surface area (Å²) < 4.78 is 22.1. The highest BCUT2D eigenvalue weighted by Gasteiger charge is 2.58. The summed E-state index contributed by atoms with van der Waals surface area (Å²) in [6.45, 7) is 4.01. The van der Waals surface area contributed by atoms with E-state index < -0.39 is 10.0 Å². The first-order valence-electron chi connectivity index (χ1n) is 5.22. The molecule has 2 N–H and O–H groups in total. The number of carbonyl (C=O) groups is 1. The summed E-state index contributed by atoms with van der Waals surface area (Å²) in [6, 6.07) is 3.05. The Bertz CT molecular complexity index is 549. The minimum Gasteiger partial charge on any atom is -0.303 e. The van der Waals surface area contributed by atoms with Gasteiger partial charge >= 0.3 is 0 Å². The highest BCUT2D eigenvalue weighted by molar-refractivity contribution is 7.89. The van der Waals surface area contributed by atoms with Crippen molar-refractivity contribution in [3.63, 3.8) is 0 Å². The van der Waals surface area contributed by atoms with Crippen LogP contribution in [-0.4, -0.2) is 19.7 Å². The second-order valence-corrected chi connectivity index (χ2v) is 6.44. The molecule has 1 fully saturated rings. The highest BCUT2D eigenvalue weighted by Crippen LogP contribution is 2.63. The highest BCUT2D eigenvalue weighted by atomic mass is 32.2. The van der Waals surface area contributed by atoms with E-state index in [4.69, 9.17) is 5.14 Å². The maximum Gasteiger partial charge on any atom is 0.255 e. The molecule has 92 valence electrons. The second kappa shape index (κ2) is 3.61. The Morgan fingerprint density at radius 2 is 2.06 bits per heavy atom. The molecule has 0 spiro atoms. The van der Waals surface area contributed by atoms with E-state index in [9.17, 15) is 13.2 Å². The molecule has 2 atom stereocenters. The largest absolute Gasteiger partial charge is 0.303 e. The molecule has 1 aromatic rings. The monoisotopic (exact) mass is 254 g/mol. The van der Waals surface area contributed by atoms with Crippen LogP contribution in [0.25, 0.3) is 0 Å². The lowest BCUT2D eigenvalue weighted by Gasteiger charge is -2.03. The van der Waals surface area contributed by atoms with Gasteiger partial charge in [-0.15, -0.1) is 0 Å². The molecule has 5 nitrogen and oxygen atoms in total. The van der Waals surface area contributed by atoms with Gasteiger partial charge in [-0.3, -0.25) is 0 Å². The number of hydrogen-bond donors (Lipinski definition) is 1. The maximum atomic E-state index is 11.0. The van der Waals surface area contributed by atoms with Crippen molar-refractivity contribution in [1.29, 1.82) is 0 Å². The number of nitrogens with zero attached hydrogens (tertiary/aromatic N) is 1. The molecule has 0 bridgehead atoms. The third-order valence-electron chi connectivity index (χ3n) is 3.47. The molecule has 0 radical (unpaired) electrons. The number of aromatic nitrogens is 1. The molecule has 1 aliphatic rings. The lowest BCUT2D eigenvalue weighted by molar-refractivity contribution is -0.109. The Balaban J connectivity index is 2.30. The van der Waals surface area contributed by atoms with Crippen LogP contribution in [0, 0.1) is 11.3 Å². The van der Waals surface area contributed by atoms with Crippen LogP contribution in [-0.2, 0) is 14.8 Å². The van der Waals surface area contributed by atoms with Crippen molar-refractivity contribution in [2.75, 3.05) is 0 Å². The zero-order chi connectivity index (χ0) is 12.8. The number of nitrogens with two attached hydrogens (primary N) is 1. The summed E-state index contributed by atoms with van der Waals surface area (Å²) >= 11 is 0. The van der Waals surface area contributed by atoms with Crippen LogP contribution in [0.3, 0.4) is 0 Å². The Morgan fingerprint density at radius 3 is 2.41 bits per heavy atom. The molecular weight excluding hydrogens is 240 g/mol. The van der Waals surface area contributed by atoms with Crippen LogP contribution < -0.4 is 5.14 Å². The first kappa shape index (κ1) is 12.2. The second-order valence-electron chi connectivity index (χ2n) is 4.94. The number of hydrogen-bond acceptors (Lipinski definition) is 4. The van der Waals surface area contributed by atoms with Crippen molar-refractivity contribution in [2.45, 2.75) is 24.8 Å². The number of carbonyl (C=O) groups excluding carboxylic acids is 1. The maximum absolute atomic E-state index is 11.0. The van der Waals surface area contributed by atoms with Crippen LogP contribution in [0.5, 0.6) is 0 Å². The molecule has 0 aliphatic heterocycles. The molecule has 0 saturated heterocycles. The minimum atomic E-state index is -3.75. The third kappa shape index (κ3) is 1.98. The van der Waals surface area contributed by atoms with Gasteiger partial charge in [-0.05, 0) is 17.0 Å². The molecule has 1 aromatic heterocycles. The van der Waals surface area contributed by atoms with Gasteiger partial charge in [-0.2, -0.15) is 0 Å². The van der Waals surface area contributed by atoms with Gasteiger partial charge in [0, 0.05) is 18.0 Å². The van der Waals surface area contributed by atoms with Crippen molar-refractivity contribution in [2.24, 2.45) is 16.5 Å². The standard InChI is InChI=1S/C11H14N2O3S/c1-11(2)8(6-14)10(11)7-3-4-9(13-5-7)17(12,15)16/h3-6,8,10H,1-2H3,(H2,12,15,16). The zero-order valence-corrected chi connectivity index (χ0v) is 10.4. The van der Waals surface area contributed by atoms with Crippen LogP contribution in [0.2, 0.25) is 0 Å². The van der Waals surface area contributed by atoms with Crippen molar-refractivity contribution in [3.05, 3.63) is 23.9 Å². The number of rotatable bonds is 3. The molecule has 0 amide bonds. The van der Waals surface area contributed by atoms with E-state index in [2.05, 4.69) is 4.98 Å². The van der Waals surface area contributed by atoms with Crippen molar-refractivity contribution < 1.29 is 13.2 Å². The molecule has 1 saturated carbocycles. The number of pyridine rings is 1. The molecule has 0 aromatic carbocycles. The summed E-state index contributed by atoms with van der Waals surface area (Å²) in [7, 11) is -3.75. The number of primary sulfonamides is 1. The van der Waals surface area contributed by atoms with Gasteiger partial charge < -0.3 is 4.79 Å². The van der Waals surface area contributed by atoms with Crippen molar-refractivity contribution >= 4 is 16.3 Å². The van der Waals surface area contributed by atoms with Gasteiger partial charge in [0.25, 0.3) is 10.0 Å². The number of aldehydes is 1. The van der Waals surface area contributed by atoms with Crippen molar-refractivity contribution in [1.82, 2.24) is 4.98 Å². The van der Waals surface area contributed by atoms with E-state index >= 15 is 0 Å². The normalized spacial score (nSPS) is 26.5. The molecule has 2 rings (SSSR count). The summed E-state index contributed by atoms with van der Waals surface area (Å²) in [5.74, 6) is 0.0895.